The summed E-state index contributed by atoms with van der Waals surface area (Å²) < 4.78 is 37.1. The summed E-state index contributed by atoms with van der Waals surface area (Å²) in [6.45, 7) is 1.77. The van der Waals surface area contributed by atoms with Crippen LogP contribution < -0.4 is 4.72 Å². The van der Waals surface area contributed by atoms with E-state index in [-0.39, 0.29) is 10.9 Å². The molecule has 21 heavy (non-hydrogen) atoms. The van der Waals surface area contributed by atoms with Crippen LogP contribution in [-0.4, -0.2) is 21.5 Å². The van der Waals surface area contributed by atoms with Gasteiger partial charge in [-0.05, 0) is 42.8 Å². The Morgan fingerprint density at radius 3 is 2.62 bits per heavy atom. The standard InChI is InChI=1S/C13H12BrNO5S/c1-8-7-9(14)3-4-10(8)15-21(17,18)12-6-5-11(20-12)13(16)19-2/h3-7,15H,1-2H3. The maximum Gasteiger partial charge on any atom is 0.374 e. The van der Waals surface area contributed by atoms with Gasteiger partial charge in [-0.25, -0.2) is 4.79 Å². The SMILES string of the molecule is COC(=O)c1ccc(S(=O)(=O)Nc2ccc(Br)cc2C)o1. The van der Waals surface area contributed by atoms with E-state index in [1.165, 1.54) is 19.2 Å². The van der Waals surface area contributed by atoms with E-state index in [2.05, 4.69) is 25.4 Å². The Morgan fingerprint density at radius 2 is 2.00 bits per heavy atom. The van der Waals surface area contributed by atoms with Gasteiger partial charge >= 0.3 is 5.97 Å². The molecule has 2 rings (SSSR count). The summed E-state index contributed by atoms with van der Waals surface area (Å²) in [5.74, 6) is -0.915. The molecule has 1 aromatic heterocycles. The lowest BCUT2D eigenvalue weighted by atomic mass is 10.2. The fraction of sp³-hybridized carbons (Fsp3) is 0.154. The van der Waals surface area contributed by atoms with Crippen LogP contribution in [-0.2, 0) is 14.8 Å². The molecule has 0 unspecified atom stereocenters. The van der Waals surface area contributed by atoms with Gasteiger partial charge in [-0.15, -0.1) is 0 Å². The van der Waals surface area contributed by atoms with E-state index in [1.807, 2.05) is 0 Å². The molecule has 112 valence electrons. The fourth-order valence-corrected chi connectivity index (χ4v) is 3.15. The number of methoxy groups -OCH3 is 1. The summed E-state index contributed by atoms with van der Waals surface area (Å²) in [4.78, 5) is 11.3. The van der Waals surface area contributed by atoms with Crippen LogP contribution in [0.3, 0.4) is 0 Å². The Kier molecular flexibility index (Phi) is 4.38. The molecular formula is C13H12BrNO5S. The molecule has 0 fully saturated rings. The second-order valence-electron chi connectivity index (χ2n) is 4.18. The molecule has 0 atom stereocenters. The highest BCUT2D eigenvalue weighted by molar-refractivity contribution is 9.10. The van der Waals surface area contributed by atoms with Crippen molar-refractivity contribution >= 4 is 37.6 Å². The van der Waals surface area contributed by atoms with Crippen LogP contribution in [0, 0.1) is 6.92 Å². The largest absolute Gasteiger partial charge is 0.463 e. The van der Waals surface area contributed by atoms with E-state index in [0.29, 0.717) is 5.69 Å². The first-order chi connectivity index (χ1) is 9.83. The van der Waals surface area contributed by atoms with Crippen LogP contribution in [0.2, 0.25) is 0 Å². The Hall–Kier alpha value is -1.80. The Bertz CT molecular complexity index is 782. The van der Waals surface area contributed by atoms with Crippen LogP contribution >= 0.6 is 15.9 Å². The van der Waals surface area contributed by atoms with Gasteiger partial charge in [0.25, 0.3) is 10.0 Å². The number of carbonyl (C=O) groups is 1. The number of carbonyl (C=O) groups excluding carboxylic acids is 1. The lowest BCUT2D eigenvalue weighted by molar-refractivity contribution is 0.0559. The monoisotopic (exact) mass is 373 g/mol. The molecule has 0 saturated carbocycles. The molecule has 6 nitrogen and oxygen atoms in total. The lowest BCUT2D eigenvalue weighted by Gasteiger charge is -2.09. The molecule has 0 aliphatic rings. The summed E-state index contributed by atoms with van der Waals surface area (Å²) in [6.07, 6.45) is 0. The van der Waals surface area contributed by atoms with E-state index >= 15 is 0 Å². The van der Waals surface area contributed by atoms with Crippen LogP contribution in [0.5, 0.6) is 0 Å². The third-order valence-electron chi connectivity index (χ3n) is 2.67. The number of furan rings is 1. The van der Waals surface area contributed by atoms with E-state index in [1.54, 1.807) is 25.1 Å². The molecule has 0 spiro atoms. The minimum atomic E-state index is -3.91. The zero-order valence-electron chi connectivity index (χ0n) is 11.2. The lowest BCUT2D eigenvalue weighted by Crippen LogP contribution is -2.13. The molecular weight excluding hydrogens is 362 g/mol. The molecule has 0 aliphatic heterocycles. The van der Waals surface area contributed by atoms with Crippen molar-refractivity contribution in [3.8, 4) is 0 Å². The molecule has 1 N–H and O–H groups in total. The minimum absolute atomic E-state index is 0.176. The van der Waals surface area contributed by atoms with Gasteiger partial charge in [0.15, 0.2) is 0 Å². The van der Waals surface area contributed by atoms with Crippen molar-refractivity contribution < 1.29 is 22.4 Å². The summed E-state index contributed by atoms with van der Waals surface area (Å²) in [5, 5.41) is -0.356. The van der Waals surface area contributed by atoms with E-state index in [9.17, 15) is 13.2 Å². The summed E-state index contributed by atoms with van der Waals surface area (Å²) in [5.41, 5.74) is 1.17. The molecule has 0 saturated heterocycles. The van der Waals surface area contributed by atoms with Gasteiger partial charge < -0.3 is 9.15 Å². The number of sulfonamides is 1. The molecule has 8 heteroatoms. The molecule has 2 aromatic rings. The zero-order valence-corrected chi connectivity index (χ0v) is 13.6. The number of ether oxygens (including phenoxy) is 1. The van der Waals surface area contributed by atoms with Crippen LogP contribution in [0.1, 0.15) is 16.1 Å². The van der Waals surface area contributed by atoms with E-state index in [0.717, 1.165) is 10.0 Å². The number of rotatable bonds is 4. The number of anilines is 1. The third-order valence-corrected chi connectivity index (χ3v) is 4.40. The number of hydrogen-bond acceptors (Lipinski definition) is 5. The van der Waals surface area contributed by atoms with Gasteiger partial charge in [0.1, 0.15) is 0 Å². The normalized spacial score (nSPS) is 11.2. The van der Waals surface area contributed by atoms with Crippen molar-refractivity contribution in [1.29, 1.82) is 0 Å². The Labute approximate surface area is 130 Å². The molecule has 0 bridgehead atoms. The first-order valence-corrected chi connectivity index (χ1v) is 8.08. The maximum atomic E-state index is 12.2. The van der Waals surface area contributed by atoms with Crippen molar-refractivity contribution in [2.24, 2.45) is 0 Å². The van der Waals surface area contributed by atoms with E-state index in [4.69, 9.17) is 4.42 Å². The average molecular weight is 374 g/mol. The van der Waals surface area contributed by atoms with Crippen molar-refractivity contribution in [3.05, 3.63) is 46.1 Å². The maximum absolute atomic E-state index is 12.2. The number of hydrogen-bond donors (Lipinski definition) is 1. The zero-order chi connectivity index (χ0) is 15.6. The second-order valence-corrected chi connectivity index (χ2v) is 6.70. The fourth-order valence-electron chi connectivity index (χ4n) is 1.61. The van der Waals surface area contributed by atoms with E-state index < -0.39 is 16.0 Å². The first kappa shape index (κ1) is 15.6. The van der Waals surface area contributed by atoms with Crippen molar-refractivity contribution in [3.63, 3.8) is 0 Å². The number of aryl methyl sites for hydroxylation is 1. The summed E-state index contributed by atoms with van der Waals surface area (Å²) in [6, 6.07) is 7.56. The second kappa shape index (κ2) is 5.90. The van der Waals surface area contributed by atoms with Gasteiger partial charge in [0.05, 0.1) is 12.8 Å². The predicted molar refractivity (Wildman–Crippen MR) is 79.7 cm³/mol. The molecule has 1 aromatic carbocycles. The van der Waals surface area contributed by atoms with Crippen molar-refractivity contribution in [1.82, 2.24) is 0 Å². The van der Waals surface area contributed by atoms with Crippen molar-refractivity contribution in [2.75, 3.05) is 11.8 Å². The Morgan fingerprint density at radius 1 is 1.29 bits per heavy atom. The summed E-state index contributed by atoms with van der Waals surface area (Å²) >= 11 is 3.30. The van der Waals surface area contributed by atoms with Gasteiger partial charge in [-0.3, -0.25) is 4.72 Å². The van der Waals surface area contributed by atoms with Gasteiger partial charge in [-0.1, -0.05) is 15.9 Å². The smallest absolute Gasteiger partial charge is 0.374 e. The number of nitrogens with one attached hydrogen (secondary N) is 1. The predicted octanol–water partition coefficient (Wildman–Crippen LogP) is 2.94. The summed E-state index contributed by atoms with van der Waals surface area (Å²) in [7, 11) is -2.73. The van der Waals surface area contributed by atoms with Crippen LogP contribution in [0.25, 0.3) is 0 Å². The highest BCUT2D eigenvalue weighted by atomic mass is 79.9. The van der Waals surface area contributed by atoms with Gasteiger partial charge in [-0.2, -0.15) is 8.42 Å². The number of halogens is 1. The number of esters is 1. The molecule has 1 heterocycles. The number of benzene rings is 1. The quantitative estimate of drug-likeness (QED) is 0.832. The third kappa shape index (κ3) is 3.45. The molecule has 0 aliphatic carbocycles. The van der Waals surface area contributed by atoms with Crippen LogP contribution in [0.15, 0.2) is 44.3 Å². The molecule has 0 radical (unpaired) electrons. The topological polar surface area (TPSA) is 85.6 Å². The average Bonchev–Trinajstić information content (AvgIpc) is 2.91. The first-order valence-electron chi connectivity index (χ1n) is 5.80. The highest BCUT2D eigenvalue weighted by Crippen LogP contribution is 2.24. The minimum Gasteiger partial charge on any atom is -0.463 e. The Balaban J connectivity index is 2.30. The van der Waals surface area contributed by atoms with Gasteiger partial charge in [0, 0.05) is 4.47 Å². The van der Waals surface area contributed by atoms with Crippen LogP contribution in [0.4, 0.5) is 5.69 Å². The van der Waals surface area contributed by atoms with Gasteiger partial charge in [0.2, 0.25) is 10.9 Å². The molecule has 0 amide bonds. The van der Waals surface area contributed by atoms with Crippen molar-refractivity contribution in [2.45, 2.75) is 12.0 Å². The highest BCUT2D eigenvalue weighted by Gasteiger charge is 2.22.